The van der Waals surface area contributed by atoms with Crippen LogP contribution in [0.5, 0.6) is 23.0 Å². The number of hydrogen-bond donors (Lipinski definition) is 0. The Kier molecular flexibility index (Phi) is 9.36. The monoisotopic (exact) mass is 630 g/mol. The average Bonchev–Trinajstić information content (AvgIpc) is 3.26. The predicted molar refractivity (Wildman–Crippen MR) is 156 cm³/mol. The van der Waals surface area contributed by atoms with E-state index in [1.807, 2.05) is 19.1 Å². The Morgan fingerprint density at radius 2 is 1.70 bits per heavy atom. The highest BCUT2D eigenvalue weighted by atomic mass is 79.9. The van der Waals surface area contributed by atoms with E-state index in [1.54, 1.807) is 45.4 Å². The molecule has 11 heteroatoms. The number of allylic oxidation sites excluding steroid dienone is 1. The van der Waals surface area contributed by atoms with Crippen LogP contribution < -0.4 is 33.8 Å². The molecule has 40 heavy (non-hydrogen) atoms. The molecule has 3 aromatic rings. The van der Waals surface area contributed by atoms with E-state index in [4.69, 9.17) is 28.7 Å². The molecule has 212 valence electrons. The predicted octanol–water partition coefficient (Wildman–Crippen LogP) is 4.38. The fourth-order valence-electron chi connectivity index (χ4n) is 4.64. The highest BCUT2D eigenvalue weighted by Crippen LogP contribution is 2.39. The van der Waals surface area contributed by atoms with E-state index in [1.165, 1.54) is 30.1 Å². The van der Waals surface area contributed by atoms with Crippen LogP contribution in [0, 0.1) is 0 Å². The topological polar surface area (TPSA) is 97.6 Å². The summed E-state index contributed by atoms with van der Waals surface area (Å²) in [7, 11) is 6.18. The number of carbonyl (C=O) groups is 1. The van der Waals surface area contributed by atoms with E-state index in [0.717, 1.165) is 10.9 Å². The van der Waals surface area contributed by atoms with Crippen molar-refractivity contribution in [3.8, 4) is 23.0 Å². The average molecular weight is 632 g/mol. The zero-order chi connectivity index (χ0) is 29.0. The van der Waals surface area contributed by atoms with Crippen LogP contribution in [0.15, 0.2) is 55.9 Å². The van der Waals surface area contributed by atoms with Gasteiger partial charge in [-0.15, -0.1) is 0 Å². The number of methoxy groups -OCH3 is 4. The minimum absolute atomic E-state index is 0.186. The zero-order valence-electron chi connectivity index (χ0n) is 23.2. The lowest BCUT2D eigenvalue weighted by Crippen LogP contribution is -2.40. The van der Waals surface area contributed by atoms with Gasteiger partial charge in [-0.3, -0.25) is 9.36 Å². The molecule has 2 heterocycles. The van der Waals surface area contributed by atoms with Gasteiger partial charge in [-0.2, -0.15) is 0 Å². The van der Waals surface area contributed by atoms with Crippen molar-refractivity contribution in [2.75, 3.05) is 35.0 Å². The lowest BCUT2D eigenvalue weighted by Gasteiger charge is -2.27. The van der Waals surface area contributed by atoms with Crippen molar-refractivity contribution in [1.29, 1.82) is 0 Å². The highest BCUT2D eigenvalue weighted by molar-refractivity contribution is 9.10. The lowest BCUT2D eigenvalue weighted by molar-refractivity contribution is -0.139. The number of halogens is 1. The molecule has 9 nitrogen and oxygen atoms in total. The van der Waals surface area contributed by atoms with Crippen LogP contribution in [0.3, 0.4) is 0 Å². The lowest BCUT2D eigenvalue weighted by atomic mass is 9.93. The molecule has 1 aromatic heterocycles. The summed E-state index contributed by atoms with van der Waals surface area (Å²) in [5.41, 5.74) is 1.79. The molecule has 0 N–H and O–H groups in total. The first-order valence-electron chi connectivity index (χ1n) is 12.7. The van der Waals surface area contributed by atoms with Gasteiger partial charge in [0.15, 0.2) is 4.80 Å². The summed E-state index contributed by atoms with van der Waals surface area (Å²) in [5.74, 6) is 1.52. The van der Waals surface area contributed by atoms with Gasteiger partial charge in [0.25, 0.3) is 5.56 Å². The summed E-state index contributed by atoms with van der Waals surface area (Å²) >= 11 is 4.76. The van der Waals surface area contributed by atoms with E-state index in [2.05, 4.69) is 15.9 Å². The summed E-state index contributed by atoms with van der Waals surface area (Å²) < 4.78 is 30.4. The number of hydrogen-bond acceptors (Lipinski definition) is 9. The summed E-state index contributed by atoms with van der Waals surface area (Å²) in [6.45, 7) is 3.95. The van der Waals surface area contributed by atoms with E-state index in [-0.39, 0.29) is 12.2 Å². The maximum absolute atomic E-state index is 14.1. The number of nitrogens with zero attached hydrogens (tertiary/aromatic N) is 2. The SMILES string of the molecule is CCCC1=C(C(=O)OCC)[C@@H](c2cc(Br)ccc2OC)n2c(s/c(=C/c3c(OC)cc(OC)cc3OC)c2=O)=N1. The van der Waals surface area contributed by atoms with Crippen LogP contribution in [0.2, 0.25) is 0 Å². The third-order valence-corrected chi connectivity index (χ3v) is 7.88. The van der Waals surface area contributed by atoms with Crippen LogP contribution in [0.25, 0.3) is 6.08 Å². The Labute approximate surface area is 244 Å². The number of fused-ring (bicyclic) bond motifs is 1. The molecule has 1 aliphatic rings. The Bertz CT molecular complexity index is 1620. The molecule has 1 atom stereocenters. The molecule has 1 aliphatic heterocycles. The first-order chi connectivity index (χ1) is 19.3. The third-order valence-electron chi connectivity index (χ3n) is 6.41. The van der Waals surface area contributed by atoms with Gasteiger partial charge >= 0.3 is 5.97 Å². The van der Waals surface area contributed by atoms with Crippen molar-refractivity contribution in [2.24, 2.45) is 4.99 Å². The number of carbonyl (C=O) groups excluding carboxylic acids is 1. The minimum atomic E-state index is -0.814. The molecule has 0 amide bonds. The molecule has 0 spiro atoms. The molecule has 0 unspecified atom stereocenters. The summed E-state index contributed by atoms with van der Waals surface area (Å²) in [6, 6.07) is 8.12. The number of benzene rings is 2. The van der Waals surface area contributed by atoms with Crippen molar-refractivity contribution in [3.05, 3.63) is 76.9 Å². The zero-order valence-corrected chi connectivity index (χ0v) is 25.6. The molecule has 0 fully saturated rings. The van der Waals surface area contributed by atoms with E-state index >= 15 is 0 Å². The molecule has 0 saturated heterocycles. The maximum Gasteiger partial charge on any atom is 0.338 e. The third kappa shape index (κ3) is 5.53. The van der Waals surface area contributed by atoms with E-state index < -0.39 is 12.0 Å². The van der Waals surface area contributed by atoms with Crippen molar-refractivity contribution in [2.45, 2.75) is 32.7 Å². The van der Waals surface area contributed by atoms with Crippen molar-refractivity contribution in [3.63, 3.8) is 0 Å². The summed E-state index contributed by atoms with van der Waals surface area (Å²) in [5, 5.41) is 0. The van der Waals surface area contributed by atoms with Gasteiger partial charge in [0, 0.05) is 22.2 Å². The molecule has 0 saturated carbocycles. The first-order valence-corrected chi connectivity index (χ1v) is 14.3. The molecule has 0 aliphatic carbocycles. The fourth-order valence-corrected chi connectivity index (χ4v) is 6.02. The molecule has 4 rings (SSSR count). The van der Waals surface area contributed by atoms with Crippen molar-refractivity contribution < 1.29 is 28.5 Å². The number of esters is 1. The van der Waals surface area contributed by atoms with Gasteiger partial charge in [0.05, 0.1) is 56.4 Å². The molecule has 0 bridgehead atoms. The van der Waals surface area contributed by atoms with Gasteiger partial charge in [-0.05, 0) is 37.6 Å². The van der Waals surface area contributed by atoms with Crippen LogP contribution in [-0.4, -0.2) is 45.6 Å². The van der Waals surface area contributed by atoms with Crippen LogP contribution in [0.4, 0.5) is 0 Å². The highest BCUT2D eigenvalue weighted by Gasteiger charge is 2.36. The van der Waals surface area contributed by atoms with E-state index in [9.17, 15) is 9.59 Å². The van der Waals surface area contributed by atoms with Crippen molar-refractivity contribution in [1.82, 2.24) is 4.57 Å². The van der Waals surface area contributed by atoms with Gasteiger partial charge in [0.2, 0.25) is 0 Å². The Morgan fingerprint density at radius 3 is 2.27 bits per heavy atom. The standard InChI is InChI=1S/C29H31BrN2O7S/c1-7-9-20-25(28(34)39-8-2)26(19-12-16(30)10-11-21(19)36-4)32-27(33)24(40-29(32)31-20)15-18-22(37-5)13-17(35-3)14-23(18)38-6/h10-15,26H,7-9H2,1-6H3/b24-15+/t26-/m1/s1. The number of aromatic nitrogens is 1. The van der Waals surface area contributed by atoms with Crippen LogP contribution in [0.1, 0.15) is 43.9 Å². The molecule has 0 radical (unpaired) electrons. The molecular formula is C29H31BrN2O7S. The Hall–Kier alpha value is -3.57. The maximum atomic E-state index is 14.1. The van der Waals surface area contributed by atoms with Crippen LogP contribution >= 0.6 is 27.3 Å². The second-order valence-electron chi connectivity index (χ2n) is 8.75. The fraction of sp³-hybridized carbons (Fsp3) is 0.345. The number of ether oxygens (including phenoxy) is 5. The summed E-state index contributed by atoms with van der Waals surface area (Å²) in [4.78, 5) is 32.9. The number of rotatable bonds is 10. The Morgan fingerprint density at radius 1 is 1.02 bits per heavy atom. The van der Waals surface area contributed by atoms with Gasteiger partial charge in [-0.1, -0.05) is 40.6 Å². The summed E-state index contributed by atoms with van der Waals surface area (Å²) in [6.07, 6.45) is 2.99. The first kappa shape index (κ1) is 29.4. The Balaban J connectivity index is 2.08. The quantitative estimate of drug-likeness (QED) is 0.307. The minimum Gasteiger partial charge on any atom is -0.496 e. The second kappa shape index (κ2) is 12.7. The largest absolute Gasteiger partial charge is 0.496 e. The normalized spacial score (nSPS) is 14.9. The van der Waals surface area contributed by atoms with Gasteiger partial charge < -0.3 is 23.7 Å². The van der Waals surface area contributed by atoms with Crippen molar-refractivity contribution >= 4 is 39.3 Å². The van der Waals surface area contributed by atoms with E-state index in [0.29, 0.717) is 61.1 Å². The van der Waals surface area contributed by atoms with Crippen LogP contribution in [-0.2, 0) is 9.53 Å². The van der Waals surface area contributed by atoms with Gasteiger partial charge in [-0.25, -0.2) is 9.79 Å². The second-order valence-corrected chi connectivity index (χ2v) is 10.7. The van der Waals surface area contributed by atoms with Gasteiger partial charge in [0.1, 0.15) is 29.0 Å². The smallest absolute Gasteiger partial charge is 0.338 e. The number of thiazole rings is 1. The molecular weight excluding hydrogens is 600 g/mol. The molecule has 2 aromatic carbocycles.